The molecule has 3 aromatic rings. The first-order valence-corrected chi connectivity index (χ1v) is 9.65. The number of amides is 2. The molecular formula is C21H19N3O3S. The number of furan rings is 1. The van der Waals surface area contributed by atoms with Gasteiger partial charge in [0.2, 0.25) is 0 Å². The number of thiophene rings is 1. The molecule has 2 aromatic heterocycles. The number of carbonyl (C=O) groups excluding carboxylic acids is 2. The van der Waals surface area contributed by atoms with Crippen LogP contribution in [0.5, 0.6) is 0 Å². The zero-order chi connectivity index (χ0) is 19.9. The van der Waals surface area contributed by atoms with E-state index in [1.807, 2.05) is 19.1 Å². The lowest BCUT2D eigenvalue weighted by Gasteiger charge is -2.21. The Balaban J connectivity index is 1.69. The molecule has 0 aliphatic heterocycles. The van der Waals surface area contributed by atoms with Crippen LogP contribution in [0.2, 0.25) is 0 Å². The van der Waals surface area contributed by atoms with Crippen LogP contribution in [0.3, 0.4) is 0 Å². The molecule has 0 aliphatic rings. The van der Waals surface area contributed by atoms with Crippen molar-refractivity contribution in [3.05, 3.63) is 76.6 Å². The minimum atomic E-state index is -0.353. The summed E-state index contributed by atoms with van der Waals surface area (Å²) in [5, 5.41) is 12.2. The average Bonchev–Trinajstić information content (AvgIpc) is 3.40. The van der Waals surface area contributed by atoms with Crippen LogP contribution in [-0.4, -0.2) is 23.3 Å². The van der Waals surface area contributed by atoms with Crippen LogP contribution in [0.25, 0.3) is 0 Å². The van der Waals surface area contributed by atoms with E-state index in [1.165, 1.54) is 17.6 Å². The van der Waals surface area contributed by atoms with Gasteiger partial charge in [-0.1, -0.05) is 19.1 Å². The van der Waals surface area contributed by atoms with E-state index in [-0.39, 0.29) is 17.6 Å². The summed E-state index contributed by atoms with van der Waals surface area (Å²) in [7, 11) is 0. The normalized spacial score (nSPS) is 10.3. The van der Waals surface area contributed by atoms with Gasteiger partial charge in [-0.2, -0.15) is 5.26 Å². The van der Waals surface area contributed by atoms with Crippen molar-refractivity contribution in [3.63, 3.8) is 0 Å². The fourth-order valence-electron chi connectivity index (χ4n) is 2.68. The molecule has 0 atom stereocenters. The van der Waals surface area contributed by atoms with Gasteiger partial charge in [0, 0.05) is 13.1 Å². The van der Waals surface area contributed by atoms with Gasteiger partial charge in [-0.25, -0.2) is 0 Å². The zero-order valence-corrected chi connectivity index (χ0v) is 16.2. The molecule has 0 aliphatic carbocycles. The summed E-state index contributed by atoms with van der Waals surface area (Å²) >= 11 is 1.23. The van der Waals surface area contributed by atoms with Crippen molar-refractivity contribution < 1.29 is 14.0 Å². The highest BCUT2D eigenvalue weighted by Gasteiger charge is 2.19. The second kappa shape index (κ2) is 9.02. The number of rotatable bonds is 7. The second-order valence-electron chi connectivity index (χ2n) is 6.13. The van der Waals surface area contributed by atoms with Crippen molar-refractivity contribution in [2.75, 3.05) is 11.9 Å². The molecule has 1 N–H and O–H groups in total. The predicted molar refractivity (Wildman–Crippen MR) is 107 cm³/mol. The molecule has 0 spiro atoms. The highest BCUT2D eigenvalue weighted by atomic mass is 32.1. The van der Waals surface area contributed by atoms with Gasteiger partial charge in [0.1, 0.15) is 0 Å². The van der Waals surface area contributed by atoms with Crippen LogP contribution in [-0.2, 0) is 6.54 Å². The molecule has 2 heterocycles. The Labute approximate surface area is 167 Å². The van der Waals surface area contributed by atoms with E-state index in [9.17, 15) is 9.59 Å². The Bertz CT molecular complexity index is 985. The lowest BCUT2D eigenvalue weighted by atomic mass is 10.1. The molecular weight excluding hydrogens is 374 g/mol. The monoisotopic (exact) mass is 393 g/mol. The number of nitrogens with one attached hydrogen (secondary N) is 1. The number of nitrogens with zero attached hydrogens (tertiary/aromatic N) is 2. The lowest BCUT2D eigenvalue weighted by Crippen LogP contribution is -2.30. The summed E-state index contributed by atoms with van der Waals surface area (Å²) in [5.74, 6) is -0.224. The maximum Gasteiger partial charge on any atom is 0.291 e. The van der Waals surface area contributed by atoms with Crippen molar-refractivity contribution in [2.45, 2.75) is 19.9 Å². The van der Waals surface area contributed by atoms with Gasteiger partial charge in [0.15, 0.2) is 5.76 Å². The maximum atomic E-state index is 12.9. The van der Waals surface area contributed by atoms with Crippen LogP contribution in [0.4, 0.5) is 5.00 Å². The third-order valence-corrected chi connectivity index (χ3v) is 5.02. The second-order valence-corrected chi connectivity index (χ2v) is 7.21. The van der Waals surface area contributed by atoms with Gasteiger partial charge in [-0.15, -0.1) is 11.3 Å². The minimum Gasteiger partial charge on any atom is -0.459 e. The van der Waals surface area contributed by atoms with E-state index in [0.29, 0.717) is 28.5 Å². The third kappa shape index (κ3) is 4.67. The van der Waals surface area contributed by atoms with Crippen molar-refractivity contribution in [1.29, 1.82) is 5.26 Å². The summed E-state index contributed by atoms with van der Waals surface area (Å²) < 4.78 is 5.07. The molecule has 0 saturated heterocycles. The molecule has 142 valence electrons. The van der Waals surface area contributed by atoms with Gasteiger partial charge in [-0.3, -0.25) is 9.59 Å². The molecule has 3 rings (SSSR count). The van der Waals surface area contributed by atoms with Crippen LogP contribution in [0.1, 0.15) is 44.7 Å². The average molecular weight is 393 g/mol. The van der Waals surface area contributed by atoms with Crippen molar-refractivity contribution in [1.82, 2.24) is 4.90 Å². The topological polar surface area (TPSA) is 86.3 Å². The summed E-state index contributed by atoms with van der Waals surface area (Å²) in [6.07, 6.45) is 2.26. The first-order valence-electron chi connectivity index (χ1n) is 8.83. The van der Waals surface area contributed by atoms with Crippen LogP contribution in [0, 0.1) is 11.3 Å². The van der Waals surface area contributed by atoms with Crippen molar-refractivity contribution in [3.8, 4) is 6.07 Å². The molecule has 6 nitrogen and oxygen atoms in total. The molecule has 1 aromatic carbocycles. The van der Waals surface area contributed by atoms with Gasteiger partial charge >= 0.3 is 0 Å². The van der Waals surface area contributed by atoms with E-state index in [1.54, 1.807) is 41.3 Å². The molecule has 0 saturated carbocycles. The third-order valence-electron chi connectivity index (χ3n) is 4.04. The van der Waals surface area contributed by atoms with Crippen molar-refractivity contribution in [2.24, 2.45) is 0 Å². The first kappa shape index (κ1) is 19.4. The largest absolute Gasteiger partial charge is 0.459 e. The number of anilines is 1. The van der Waals surface area contributed by atoms with Crippen LogP contribution >= 0.6 is 11.3 Å². The number of hydrogen-bond donors (Lipinski definition) is 1. The van der Waals surface area contributed by atoms with Gasteiger partial charge < -0.3 is 14.6 Å². The SMILES string of the molecule is CCCN(Cc1ccc(C#N)cc1)C(=O)c1ccc(NC(=O)c2ccco2)s1. The zero-order valence-electron chi connectivity index (χ0n) is 15.3. The molecule has 2 amide bonds. The van der Waals surface area contributed by atoms with E-state index in [2.05, 4.69) is 11.4 Å². The summed E-state index contributed by atoms with van der Waals surface area (Å²) in [5.41, 5.74) is 1.55. The molecule has 7 heteroatoms. The van der Waals surface area contributed by atoms with Crippen molar-refractivity contribution >= 4 is 28.2 Å². The number of benzene rings is 1. The van der Waals surface area contributed by atoms with Gasteiger partial charge in [-0.05, 0) is 48.4 Å². The molecule has 0 bridgehead atoms. The Morgan fingerprint density at radius 2 is 1.96 bits per heavy atom. The van der Waals surface area contributed by atoms with E-state index in [0.717, 1.165) is 12.0 Å². The van der Waals surface area contributed by atoms with Gasteiger partial charge in [0.25, 0.3) is 11.8 Å². The minimum absolute atomic E-state index is 0.0882. The summed E-state index contributed by atoms with van der Waals surface area (Å²) in [6.45, 7) is 3.09. The molecule has 28 heavy (non-hydrogen) atoms. The van der Waals surface area contributed by atoms with Crippen LogP contribution in [0.15, 0.2) is 59.2 Å². The molecule has 0 fully saturated rings. The Morgan fingerprint density at radius 3 is 2.61 bits per heavy atom. The summed E-state index contributed by atoms with van der Waals surface area (Å²) in [6, 6.07) is 16.0. The van der Waals surface area contributed by atoms with E-state index in [4.69, 9.17) is 9.68 Å². The molecule has 0 radical (unpaired) electrons. The number of carbonyl (C=O) groups is 2. The number of nitriles is 1. The van der Waals surface area contributed by atoms with E-state index >= 15 is 0 Å². The Morgan fingerprint density at radius 1 is 1.18 bits per heavy atom. The fraction of sp³-hybridized carbons (Fsp3) is 0.190. The van der Waals surface area contributed by atoms with Gasteiger partial charge in [0.05, 0.1) is 27.8 Å². The quantitative estimate of drug-likeness (QED) is 0.639. The Kier molecular flexibility index (Phi) is 6.25. The predicted octanol–water partition coefficient (Wildman–Crippen LogP) is 4.52. The smallest absolute Gasteiger partial charge is 0.291 e. The standard InChI is InChI=1S/C21H19N3O3S/c1-2-11-24(14-16-7-5-15(13-22)6-8-16)21(26)18-9-10-19(28-18)23-20(25)17-4-3-12-27-17/h3-10,12H,2,11,14H2,1H3,(H,23,25). The maximum absolute atomic E-state index is 12.9. The highest BCUT2D eigenvalue weighted by Crippen LogP contribution is 2.25. The number of hydrogen-bond acceptors (Lipinski definition) is 5. The Hall–Kier alpha value is -3.37. The summed E-state index contributed by atoms with van der Waals surface area (Å²) in [4.78, 5) is 27.3. The lowest BCUT2D eigenvalue weighted by molar-refractivity contribution is 0.0748. The fourth-order valence-corrected chi connectivity index (χ4v) is 3.55. The molecule has 0 unspecified atom stereocenters. The van der Waals surface area contributed by atoms with E-state index < -0.39 is 0 Å². The van der Waals surface area contributed by atoms with Crippen LogP contribution < -0.4 is 5.32 Å². The highest BCUT2D eigenvalue weighted by molar-refractivity contribution is 7.18. The first-order chi connectivity index (χ1) is 13.6.